The second-order valence-electron chi connectivity index (χ2n) is 6.13. The van der Waals surface area contributed by atoms with Crippen molar-refractivity contribution in [3.63, 3.8) is 0 Å². The molecule has 2 heterocycles. The lowest BCUT2D eigenvalue weighted by molar-refractivity contribution is 0.101. The Morgan fingerprint density at radius 2 is 1.78 bits per heavy atom. The quantitative estimate of drug-likeness (QED) is 0.598. The van der Waals surface area contributed by atoms with Crippen molar-refractivity contribution >= 4 is 28.3 Å². The van der Waals surface area contributed by atoms with Gasteiger partial charge in [0.15, 0.2) is 5.78 Å². The Morgan fingerprint density at radius 1 is 1.04 bits per heavy atom. The molecule has 0 saturated carbocycles. The van der Waals surface area contributed by atoms with Gasteiger partial charge in [-0.2, -0.15) is 0 Å². The fraction of sp³-hybridized carbons (Fsp3) is 0.190. The molecule has 0 saturated heterocycles. The molecule has 0 fully saturated rings. The van der Waals surface area contributed by atoms with Gasteiger partial charge in [-0.05, 0) is 43.0 Å². The van der Waals surface area contributed by atoms with Crippen LogP contribution in [0.25, 0.3) is 22.6 Å². The van der Waals surface area contributed by atoms with Crippen LogP contribution in [0, 0.1) is 0 Å². The molecule has 0 N–H and O–H groups in total. The molecule has 0 amide bonds. The van der Waals surface area contributed by atoms with Crippen molar-refractivity contribution in [3.8, 4) is 0 Å². The molecule has 2 heteroatoms. The molecule has 0 atom stereocenters. The van der Waals surface area contributed by atoms with E-state index in [-0.39, 0.29) is 5.78 Å². The molecule has 0 bridgehead atoms. The van der Waals surface area contributed by atoms with Crippen LogP contribution in [0.1, 0.15) is 41.4 Å². The van der Waals surface area contributed by atoms with Gasteiger partial charge in [-0.15, -0.1) is 0 Å². The molecule has 4 rings (SSSR count). The van der Waals surface area contributed by atoms with Crippen molar-refractivity contribution < 1.29 is 4.79 Å². The van der Waals surface area contributed by atoms with Crippen LogP contribution in [-0.4, -0.2) is 10.4 Å². The van der Waals surface area contributed by atoms with Crippen LogP contribution in [0.2, 0.25) is 0 Å². The molecule has 2 nitrogen and oxygen atoms in total. The highest BCUT2D eigenvalue weighted by Gasteiger charge is 2.25. The molecule has 0 aliphatic carbocycles. The van der Waals surface area contributed by atoms with Gasteiger partial charge in [-0.25, -0.2) is 0 Å². The molecule has 2 aromatic carbocycles. The first-order chi connectivity index (χ1) is 11.3. The van der Waals surface area contributed by atoms with E-state index in [0.717, 1.165) is 36.0 Å². The summed E-state index contributed by atoms with van der Waals surface area (Å²) in [6, 6.07) is 18.6. The van der Waals surface area contributed by atoms with E-state index >= 15 is 0 Å². The molecule has 0 radical (unpaired) electrons. The van der Waals surface area contributed by atoms with Gasteiger partial charge in [-0.1, -0.05) is 48.5 Å². The lowest BCUT2D eigenvalue weighted by Gasteiger charge is -2.20. The molecule has 0 spiro atoms. The van der Waals surface area contributed by atoms with E-state index in [4.69, 9.17) is 0 Å². The maximum Gasteiger partial charge on any atom is 0.162 e. The highest BCUT2D eigenvalue weighted by atomic mass is 16.1. The third-order valence-corrected chi connectivity index (χ3v) is 4.60. The summed E-state index contributed by atoms with van der Waals surface area (Å²) in [6.07, 6.45) is 4.36. The van der Waals surface area contributed by atoms with E-state index in [1.807, 2.05) is 12.1 Å². The maximum absolute atomic E-state index is 12.3. The molecule has 0 unspecified atom stereocenters. The number of aromatic nitrogens is 1. The SMILES string of the molecule is CC(=O)c1c2n(c3ccccc13)CCC/C2=C\c1ccccc1. The Labute approximate surface area is 136 Å². The number of aryl methyl sites for hydroxylation is 1. The van der Waals surface area contributed by atoms with Gasteiger partial charge >= 0.3 is 0 Å². The minimum atomic E-state index is 0.149. The van der Waals surface area contributed by atoms with Crippen LogP contribution < -0.4 is 0 Å². The van der Waals surface area contributed by atoms with E-state index < -0.39 is 0 Å². The topological polar surface area (TPSA) is 22.0 Å². The number of hydrogen-bond acceptors (Lipinski definition) is 1. The fourth-order valence-electron chi connectivity index (χ4n) is 3.66. The highest BCUT2D eigenvalue weighted by molar-refractivity contribution is 6.12. The summed E-state index contributed by atoms with van der Waals surface area (Å²) in [4.78, 5) is 12.3. The maximum atomic E-state index is 12.3. The highest BCUT2D eigenvalue weighted by Crippen LogP contribution is 2.37. The van der Waals surface area contributed by atoms with Crippen LogP contribution in [-0.2, 0) is 6.54 Å². The number of allylic oxidation sites excluding steroid dienone is 1. The number of hydrogen-bond donors (Lipinski definition) is 0. The zero-order valence-corrected chi connectivity index (χ0v) is 13.3. The van der Waals surface area contributed by atoms with Crippen LogP contribution in [0.5, 0.6) is 0 Å². The van der Waals surface area contributed by atoms with Crippen molar-refractivity contribution in [3.05, 3.63) is 71.4 Å². The van der Waals surface area contributed by atoms with E-state index in [1.54, 1.807) is 6.92 Å². The number of fused-ring (bicyclic) bond motifs is 3. The minimum Gasteiger partial charge on any atom is -0.340 e. The number of carbonyl (C=O) groups excluding carboxylic acids is 1. The second kappa shape index (κ2) is 5.54. The Morgan fingerprint density at radius 3 is 2.57 bits per heavy atom. The number of ketones is 1. The number of benzene rings is 2. The second-order valence-corrected chi connectivity index (χ2v) is 6.13. The third-order valence-electron chi connectivity index (χ3n) is 4.60. The predicted octanol–water partition coefficient (Wildman–Crippen LogP) is 5.18. The number of rotatable bonds is 2. The molecule has 3 aromatic rings. The predicted molar refractivity (Wildman–Crippen MR) is 95.5 cm³/mol. The van der Waals surface area contributed by atoms with Crippen molar-refractivity contribution in [1.82, 2.24) is 4.57 Å². The first kappa shape index (κ1) is 14.0. The van der Waals surface area contributed by atoms with Gasteiger partial charge < -0.3 is 4.57 Å². The Kier molecular flexibility index (Phi) is 3.38. The lowest BCUT2D eigenvalue weighted by atomic mass is 9.95. The van der Waals surface area contributed by atoms with Crippen LogP contribution in [0.3, 0.4) is 0 Å². The van der Waals surface area contributed by atoms with Gasteiger partial charge in [0.25, 0.3) is 0 Å². The van der Waals surface area contributed by atoms with Crippen LogP contribution in [0.4, 0.5) is 0 Å². The van der Waals surface area contributed by atoms with E-state index in [9.17, 15) is 4.79 Å². The Balaban J connectivity index is 2.00. The monoisotopic (exact) mass is 301 g/mol. The van der Waals surface area contributed by atoms with Crippen molar-refractivity contribution in [2.45, 2.75) is 26.3 Å². The standard InChI is InChI=1S/C21H19NO/c1-15(23)20-18-11-5-6-12-19(18)22-13-7-10-17(21(20)22)14-16-8-3-2-4-9-16/h2-6,8-9,11-12,14H,7,10,13H2,1H3/b17-14+. The fourth-order valence-corrected chi connectivity index (χ4v) is 3.66. The van der Waals surface area contributed by atoms with E-state index in [1.165, 1.54) is 16.7 Å². The summed E-state index contributed by atoms with van der Waals surface area (Å²) in [7, 11) is 0. The zero-order chi connectivity index (χ0) is 15.8. The molecular weight excluding hydrogens is 282 g/mol. The number of Topliss-reactive ketones (excluding diaryl/α,β-unsaturated/α-hetero) is 1. The van der Waals surface area contributed by atoms with Gasteiger partial charge in [-0.3, -0.25) is 4.79 Å². The van der Waals surface area contributed by atoms with E-state index in [2.05, 4.69) is 53.1 Å². The molecule has 114 valence electrons. The molecular formula is C21H19NO. The van der Waals surface area contributed by atoms with Crippen molar-refractivity contribution in [1.29, 1.82) is 0 Å². The number of nitrogens with zero attached hydrogens (tertiary/aromatic N) is 1. The van der Waals surface area contributed by atoms with Crippen LogP contribution >= 0.6 is 0 Å². The summed E-state index contributed by atoms with van der Waals surface area (Å²) in [5.41, 5.74) is 5.63. The minimum absolute atomic E-state index is 0.149. The van der Waals surface area contributed by atoms with Gasteiger partial charge in [0.05, 0.1) is 11.3 Å². The zero-order valence-electron chi connectivity index (χ0n) is 13.3. The van der Waals surface area contributed by atoms with Crippen molar-refractivity contribution in [2.75, 3.05) is 0 Å². The molecule has 23 heavy (non-hydrogen) atoms. The van der Waals surface area contributed by atoms with Crippen molar-refractivity contribution in [2.24, 2.45) is 0 Å². The lowest BCUT2D eigenvalue weighted by Crippen LogP contribution is -2.11. The summed E-state index contributed by atoms with van der Waals surface area (Å²) < 4.78 is 2.32. The largest absolute Gasteiger partial charge is 0.340 e. The molecule has 1 aliphatic rings. The van der Waals surface area contributed by atoms with Gasteiger partial charge in [0.1, 0.15) is 0 Å². The number of para-hydroxylation sites is 1. The summed E-state index contributed by atoms with van der Waals surface area (Å²) in [5, 5.41) is 1.08. The molecule has 1 aromatic heterocycles. The Hall–Kier alpha value is -2.61. The third kappa shape index (κ3) is 2.31. The van der Waals surface area contributed by atoms with Gasteiger partial charge in [0.2, 0.25) is 0 Å². The first-order valence-electron chi connectivity index (χ1n) is 8.14. The summed E-state index contributed by atoms with van der Waals surface area (Å²) in [5.74, 6) is 0.149. The van der Waals surface area contributed by atoms with Gasteiger partial charge in [0, 0.05) is 17.4 Å². The molecule has 1 aliphatic heterocycles. The average Bonchev–Trinajstić information content (AvgIpc) is 2.92. The average molecular weight is 301 g/mol. The number of carbonyl (C=O) groups is 1. The summed E-state index contributed by atoms with van der Waals surface area (Å²) >= 11 is 0. The smallest absolute Gasteiger partial charge is 0.162 e. The van der Waals surface area contributed by atoms with Crippen LogP contribution in [0.15, 0.2) is 54.6 Å². The first-order valence-corrected chi connectivity index (χ1v) is 8.14. The normalized spacial score (nSPS) is 15.8. The Bertz CT molecular complexity index is 916. The summed E-state index contributed by atoms with van der Waals surface area (Å²) in [6.45, 7) is 2.66. The van der Waals surface area contributed by atoms with E-state index in [0.29, 0.717) is 0 Å².